The number of nitrogens with one attached hydrogen (secondary N) is 1. The van der Waals surface area contributed by atoms with Crippen molar-refractivity contribution in [3.8, 4) is 6.07 Å². The van der Waals surface area contributed by atoms with Crippen molar-refractivity contribution in [1.82, 2.24) is 5.32 Å². The third kappa shape index (κ3) is 4.42. The van der Waals surface area contributed by atoms with Crippen molar-refractivity contribution in [2.75, 3.05) is 6.54 Å². The van der Waals surface area contributed by atoms with Crippen LogP contribution in [0.25, 0.3) is 6.08 Å². The predicted molar refractivity (Wildman–Crippen MR) is 72.6 cm³/mol. The molecule has 17 heavy (non-hydrogen) atoms. The lowest BCUT2D eigenvalue weighted by atomic mass is 10.0. The number of benzene rings is 1. The molecular weight excluding hydrogens is 208 g/mol. The first-order valence-corrected chi connectivity index (χ1v) is 6.09. The largest absolute Gasteiger partial charge is 0.311 e. The first-order chi connectivity index (χ1) is 8.17. The van der Waals surface area contributed by atoms with E-state index in [4.69, 9.17) is 5.26 Å². The fourth-order valence-electron chi connectivity index (χ4n) is 1.56. The molecule has 0 aliphatic heterocycles. The molecule has 0 atom stereocenters. The zero-order chi connectivity index (χ0) is 12.7. The smallest absolute Gasteiger partial charge is 0.0997 e. The van der Waals surface area contributed by atoms with Crippen LogP contribution in [0.3, 0.4) is 0 Å². The Morgan fingerprint density at radius 1 is 1.41 bits per heavy atom. The van der Waals surface area contributed by atoms with Gasteiger partial charge in [0.25, 0.3) is 0 Å². The number of hydrogen-bond acceptors (Lipinski definition) is 2. The third-order valence-electron chi connectivity index (χ3n) is 2.63. The minimum atomic E-state index is 0.483. The van der Waals surface area contributed by atoms with Crippen LogP contribution in [0.1, 0.15) is 38.3 Å². The average Bonchev–Trinajstić information content (AvgIpc) is 2.34. The highest BCUT2D eigenvalue weighted by Gasteiger charge is 2.01. The Morgan fingerprint density at radius 3 is 2.71 bits per heavy atom. The van der Waals surface area contributed by atoms with Gasteiger partial charge in [-0.15, -0.1) is 0 Å². The molecule has 2 heteroatoms. The summed E-state index contributed by atoms with van der Waals surface area (Å²) in [6.07, 6.45) is 3.12. The fraction of sp³-hybridized carbons (Fsp3) is 0.400. The lowest BCUT2D eigenvalue weighted by Gasteiger charge is -2.10. The van der Waals surface area contributed by atoms with Gasteiger partial charge in [0.05, 0.1) is 11.6 Å². The van der Waals surface area contributed by atoms with Gasteiger partial charge in [-0.1, -0.05) is 50.6 Å². The van der Waals surface area contributed by atoms with Gasteiger partial charge in [0, 0.05) is 12.6 Å². The van der Waals surface area contributed by atoms with Crippen molar-refractivity contribution in [3.63, 3.8) is 0 Å². The molecule has 0 aliphatic carbocycles. The van der Waals surface area contributed by atoms with Crippen molar-refractivity contribution < 1.29 is 0 Å². The molecule has 0 bridgehead atoms. The Balaban J connectivity index is 2.87. The molecule has 1 aromatic carbocycles. The zero-order valence-corrected chi connectivity index (χ0v) is 10.8. The SMILES string of the molecule is CC/C(=C/c1ccccc1C#N)CNC(C)C. The van der Waals surface area contributed by atoms with Gasteiger partial charge in [-0.25, -0.2) is 0 Å². The Labute approximate surface area is 104 Å². The molecule has 0 unspecified atom stereocenters. The molecule has 0 spiro atoms. The minimum absolute atomic E-state index is 0.483. The average molecular weight is 228 g/mol. The summed E-state index contributed by atoms with van der Waals surface area (Å²) in [5.74, 6) is 0. The van der Waals surface area contributed by atoms with Crippen molar-refractivity contribution in [2.45, 2.75) is 33.2 Å². The van der Waals surface area contributed by atoms with E-state index in [0.29, 0.717) is 6.04 Å². The van der Waals surface area contributed by atoms with E-state index in [0.717, 1.165) is 24.1 Å². The number of hydrogen-bond donors (Lipinski definition) is 1. The molecule has 90 valence electrons. The molecule has 0 fully saturated rings. The maximum Gasteiger partial charge on any atom is 0.0997 e. The van der Waals surface area contributed by atoms with Gasteiger partial charge in [0.2, 0.25) is 0 Å². The highest BCUT2D eigenvalue weighted by atomic mass is 14.9. The summed E-state index contributed by atoms with van der Waals surface area (Å²) >= 11 is 0. The van der Waals surface area contributed by atoms with Gasteiger partial charge in [0.15, 0.2) is 0 Å². The summed E-state index contributed by atoms with van der Waals surface area (Å²) in [5, 5.41) is 12.4. The molecule has 0 saturated carbocycles. The number of nitriles is 1. The van der Waals surface area contributed by atoms with Crippen molar-refractivity contribution in [3.05, 3.63) is 41.0 Å². The fourth-order valence-corrected chi connectivity index (χ4v) is 1.56. The summed E-state index contributed by atoms with van der Waals surface area (Å²) in [7, 11) is 0. The van der Waals surface area contributed by atoms with Crippen LogP contribution in [0.4, 0.5) is 0 Å². The standard InChI is InChI=1S/C15H20N2/c1-4-13(11-17-12(2)3)9-14-7-5-6-8-15(14)10-16/h5-9,12,17H,4,11H2,1-3H3/b13-9-. The van der Waals surface area contributed by atoms with Crippen LogP contribution in [0.15, 0.2) is 29.8 Å². The second kappa shape index (κ2) is 6.88. The van der Waals surface area contributed by atoms with Crippen LogP contribution in [0.5, 0.6) is 0 Å². The van der Waals surface area contributed by atoms with Crippen molar-refractivity contribution >= 4 is 6.08 Å². The second-order valence-corrected chi connectivity index (χ2v) is 4.39. The van der Waals surface area contributed by atoms with E-state index in [9.17, 15) is 0 Å². The van der Waals surface area contributed by atoms with E-state index in [1.807, 2.05) is 24.3 Å². The molecule has 0 heterocycles. The Kier molecular flexibility index (Phi) is 5.45. The number of rotatable bonds is 5. The molecule has 1 aromatic rings. The molecule has 1 rings (SSSR count). The zero-order valence-electron chi connectivity index (χ0n) is 10.8. The molecule has 0 aliphatic rings. The van der Waals surface area contributed by atoms with Gasteiger partial charge < -0.3 is 5.32 Å². The third-order valence-corrected chi connectivity index (χ3v) is 2.63. The van der Waals surface area contributed by atoms with Gasteiger partial charge in [0.1, 0.15) is 0 Å². The van der Waals surface area contributed by atoms with E-state index in [1.165, 1.54) is 5.57 Å². The van der Waals surface area contributed by atoms with Crippen LogP contribution < -0.4 is 5.32 Å². The van der Waals surface area contributed by atoms with Crippen LogP contribution in [-0.4, -0.2) is 12.6 Å². The van der Waals surface area contributed by atoms with Crippen LogP contribution >= 0.6 is 0 Å². The second-order valence-electron chi connectivity index (χ2n) is 4.39. The summed E-state index contributed by atoms with van der Waals surface area (Å²) in [6, 6.07) is 10.4. The molecular formula is C15H20N2. The van der Waals surface area contributed by atoms with Gasteiger partial charge in [-0.2, -0.15) is 5.26 Å². The van der Waals surface area contributed by atoms with Gasteiger partial charge in [-0.3, -0.25) is 0 Å². The summed E-state index contributed by atoms with van der Waals surface area (Å²) in [4.78, 5) is 0. The lowest BCUT2D eigenvalue weighted by Crippen LogP contribution is -2.24. The first-order valence-electron chi connectivity index (χ1n) is 6.09. The van der Waals surface area contributed by atoms with Crippen LogP contribution in [-0.2, 0) is 0 Å². The molecule has 1 N–H and O–H groups in total. The van der Waals surface area contributed by atoms with Crippen LogP contribution in [0, 0.1) is 11.3 Å². The maximum absolute atomic E-state index is 9.03. The van der Waals surface area contributed by atoms with Crippen molar-refractivity contribution in [1.29, 1.82) is 5.26 Å². The highest BCUT2D eigenvalue weighted by Crippen LogP contribution is 2.13. The monoisotopic (exact) mass is 228 g/mol. The minimum Gasteiger partial charge on any atom is -0.311 e. The van der Waals surface area contributed by atoms with E-state index in [2.05, 4.69) is 38.2 Å². The predicted octanol–water partition coefficient (Wildman–Crippen LogP) is 3.35. The van der Waals surface area contributed by atoms with E-state index in [-0.39, 0.29) is 0 Å². The van der Waals surface area contributed by atoms with E-state index >= 15 is 0 Å². The first kappa shape index (κ1) is 13.5. The molecule has 2 nitrogen and oxygen atoms in total. The molecule has 0 radical (unpaired) electrons. The Bertz CT molecular complexity index is 425. The summed E-state index contributed by atoms with van der Waals surface area (Å²) in [6.45, 7) is 7.30. The van der Waals surface area contributed by atoms with Gasteiger partial charge >= 0.3 is 0 Å². The van der Waals surface area contributed by atoms with Gasteiger partial charge in [-0.05, 0) is 18.1 Å². The number of nitrogens with zero attached hydrogens (tertiary/aromatic N) is 1. The van der Waals surface area contributed by atoms with E-state index < -0.39 is 0 Å². The topological polar surface area (TPSA) is 35.8 Å². The summed E-state index contributed by atoms with van der Waals surface area (Å²) < 4.78 is 0. The maximum atomic E-state index is 9.03. The lowest BCUT2D eigenvalue weighted by molar-refractivity contribution is 0.617. The normalized spacial score (nSPS) is 11.6. The highest BCUT2D eigenvalue weighted by molar-refractivity contribution is 5.60. The van der Waals surface area contributed by atoms with Crippen LogP contribution in [0.2, 0.25) is 0 Å². The summed E-state index contributed by atoms with van der Waals surface area (Å²) in [5.41, 5.74) is 3.07. The van der Waals surface area contributed by atoms with E-state index in [1.54, 1.807) is 0 Å². The van der Waals surface area contributed by atoms with Crippen molar-refractivity contribution in [2.24, 2.45) is 0 Å². The molecule has 0 amide bonds. The molecule has 0 aromatic heterocycles. The quantitative estimate of drug-likeness (QED) is 0.839. The molecule has 0 saturated heterocycles. The Morgan fingerprint density at radius 2 is 2.12 bits per heavy atom. The Hall–Kier alpha value is -1.59.